The number of hydrogen-bond acceptors (Lipinski definition) is 2. The molecule has 0 aliphatic carbocycles. The fourth-order valence-corrected chi connectivity index (χ4v) is 2.78. The Kier molecular flexibility index (Phi) is 3.48. The molecule has 0 spiro atoms. The molecule has 0 radical (unpaired) electrons. The van der Waals surface area contributed by atoms with Gasteiger partial charge in [-0.25, -0.2) is 8.78 Å². The third kappa shape index (κ3) is 2.31. The molecule has 2 unspecified atom stereocenters. The second kappa shape index (κ2) is 5.14. The van der Waals surface area contributed by atoms with Crippen LogP contribution < -0.4 is 10.5 Å². The molecule has 2 aromatic carbocycles. The monoisotopic (exact) mass is 339 g/mol. The second-order valence-electron chi connectivity index (χ2n) is 4.77. The van der Waals surface area contributed by atoms with Crippen LogP contribution in [0.15, 0.2) is 40.9 Å². The van der Waals surface area contributed by atoms with E-state index in [1.807, 2.05) is 12.1 Å². The molecule has 104 valence electrons. The molecule has 0 bridgehead atoms. The molecule has 2 atom stereocenters. The lowest BCUT2D eigenvalue weighted by Crippen LogP contribution is -2.24. The third-order valence-corrected chi connectivity index (χ3v) is 3.93. The van der Waals surface area contributed by atoms with Crippen LogP contribution in [0.5, 0.6) is 5.75 Å². The molecule has 0 saturated carbocycles. The van der Waals surface area contributed by atoms with E-state index in [0.717, 1.165) is 16.1 Å². The number of fused-ring (bicyclic) bond motifs is 1. The Labute approximate surface area is 123 Å². The van der Waals surface area contributed by atoms with Crippen LogP contribution >= 0.6 is 15.9 Å². The second-order valence-corrected chi connectivity index (χ2v) is 5.69. The molecule has 2 nitrogen and oxygen atoms in total. The van der Waals surface area contributed by atoms with E-state index in [1.165, 1.54) is 12.1 Å². The summed E-state index contributed by atoms with van der Waals surface area (Å²) in [4.78, 5) is 0. The van der Waals surface area contributed by atoms with E-state index in [4.69, 9.17) is 10.5 Å². The van der Waals surface area contributed by atoms with Crippen molar-refractivity contribution in [3.8, 4) is 5.75 Å². The molecule has 0 amide bonds. The topological polar surface area (TPSA) is 35.2 Å². The van der Waals surface area contributed by atoms with Crippen LogP contribution in [0.2, 0.25) is 0 Å². The number of rotatable bonds is 1. The lowest BCUT2D eigenvalue weighted by molar-refractivity contribution is 0.156. The minimum absolute atomic E-state index is 0.200. The van der Waals surface area contributed by atoms with Crippen molar-refractivity contribution in [1.29, 1.82) is 0 Å². The molecule has 2 N–H and O–H groups in total. The third-order valence-electron chi connectivity index (χ3n) is 3.44. The molecule has 3 rings (SSSR count). The SMILES string of the molecule is NC1CC(c2cccc(F)c2F)Oc2cc(Br)ccc21. The summed E-state index contributed by atoms with van der Waals surface area (Å²) in [6, 6.07) is 9.37. The summed E-state index contributed by atoms with van der Waals surface area (Å²) in [5, 5.41) is 0. The van der Waals surface area contributed by atoms with Crippen LogP contribution in [0.25, 0.3) is 0 Å². The van der Waals surface area contributed by atoms with Crippen molar-refractivity contribution in [2.24, 2.45) is 5.73 Å². The zero-order valence-corrected chi connectivity index (χ0v) is 12.0. The lowest BCUT2D eigenvalue weighted by Gasteiger charge is -2.30. The summed E-state index contributed by atoms with van der Waals surface area (Å²) >= 11 is 3.36. The van der Waals surface area contributed by atoms with Gasteiger partial charge >= 0.3 is 0 Å². The van der Waals surface area contributed by atoms with Crippen molar-refractivity contribution in [2.45, 2.75) is 18.6 Å². The zero-order valence-electron chi connectivity index (χ0n) is 10.4. The molecule has 0 fully saturated rings. The summed E-state index contributed by atoms with van der Waals surface area (Å²) in [5.74, 6) is -1.14. The van der Waals surface area contributed by atoms with E-state index in [0.29, 0.717) is 12.2 Å². The van der Waals surface area contributed by atoms with Crippen LogP contribution in [0.1, 0.15) is 29.7 Å². The summed E-state index contributed by atoms with van der Waals surface area (Å²) in [7, 11) is 0. The molecular weight excluding hydrogens is 328 g/mol. The highest BCUT2D eigenvalue weighted by atomic mass is 79.9. The first-order valence-corrected chi connectivity index (χ1v) is 7.01. The van der Waals surface area contributed by atoms with Crippen molar-refractivity contribution in [2.75, 3.05) is 0 Å². The number of hydrogen-bond donors (Lipinski definition) is 1. The van der Waals surface area contributed by atoms with Crippen molar-refractivity contribution in [3.63, 3.8) is 0 Å². The van der Waals surface area contributed by atoms with E-state index in [9.17, 15) is 8.78 Å². The quantitative estimate of drug-likeness (QED) is 0.842. The molecule has 20 heavy (non-hydrogen) atoms. The van der Waals surface area contributed by atoms with Gasteiger partial charge in [-0.2, -0.15) is 0 Å². The maximum atomic E-state index is 13.9. The standard InChI is InChI=1S/C15H12BrF2NO/c16-8-4-5-9-12(19)7-14(20-13(9)6-8)10-2-1-3-11(17)15(10)18/h1-6,12,14H,7,19H2. The van der Waals surface area contributed by atoms with Gasteiger partial charge in [-0.15, -0.1) is 0 Å². The maximum Gasteiger partial charge on any atom is 0.165 e. The van der Waals surface area contributed by atoms with Crippen LogP contribution in [0.3, 0.4) is 0 Å². The Morgan fingerprint density at radius 2 is 1.95 bits per heavy atom. The number of ether oxygens (including phenoxy) is 1. The fourth-order valence-electron chi connectivity index (χ4n) is 2.44. The minimum atomic E-state index is -0.875. The molecule has 0 aromatic heterocycles. The summed E-state index contributed by atoms with van der Waals surface area (Å²) in [5.41, 5.74) is 7.18. The van der Waals surface area contributed by atoms with E-state index in [1.54, 1.807) is 6.07 Å². The Hall–Kier alpha value is -1.46. The predicted octanol–water partition coefficient (Wildman–Crippen LogP) is 4.25. The first-order chi connectivity index (χ1) is 9.56. The number of benzene rings is 2. The van der Waals surface area contributed by atoms with Gasteiger partial charge in [-0.05, 0) is 18.2 Å². The van der Waals surface area contributed by atoms with Crippen LogP contribution in [-0.4, -0.2) is 0 Å². The van der Waals surface area contributed by atoms with Gasteiger partial charge in [0.1, 0.15) is 11.9 Å². The van der Waals surface area contributed by atoms with Gasteiger partial charge in [0, 0.05) is 28.1 Å². The van der Waals surface area contributed by atoms with Crippen molar-refractivity contribution in [3.05, 3.63) is 63.6 Å². The highest BCUT2D eigenvalue weighted by molar-refractivity contribution is 9.10. The zero-order chi connectivity index (χ0) is 14.3. The van der Waals surface area contributed by atoms with Gasteiger partial charge in [-0.1, -0.05) is 34.1 Å². The molecule has 2 aromatic rings. The van der Waals surface area contributed by atoms with E-state index in [-0.39, 0.29) is 11.6 Å². The lowest BCUT2D eigenvalue weighted by atomic mass is 9.93. The number of halogens is 3. The Balaban J connectivity index is 2.00. The Morgan fingerprint density at radius 1 is 1.15 bits per heavy atom. The predicted molar refractivity (Wildman–Crippen MR) is 75.4 cm³/mol. The van der Waals surface area contributed by atoms with E-state index >= 15 is 0 Å². The van der Waals surface area contributed by atoms with Crippen molar-refractivity contribution >= 4 is 15.9 Å². The molecule has 1 heterocycles. The highest BCUT2D eigenvalue weighted by Gasteiger charge is 2.29. The molecule has 0 saturated heterocycles. The average Bonchev–Trinajstić information content (AvgIpc) is 2.41. The van der Waals surface area contributed by atoms with Gasteiger partial charge in [-0.3, -0.25) is 0 Å². The van der Waals surface area contributed by atoms with Crippen molar-refractivity contribution in [1.82, 2.24) is 0 Å². The van der Waals surface area contributed by atoms with Gasteiger partial charge in [0.2, 0.25) is 0 Å². The molecular formula is C15H12BrF2NO. The smallest absolute Gasteiger partial charge is 0.165 e. The molecule has 5 heteroatoms. The highest BCUT2D eigenvalue weighted by Crippen LogP contribution is 2.41. The first kappa shape index (κ1) is 13.5. The van der Waals surface area contributed by atoms with E-state index < -0.39 is 17.7 Å². The van der Waals surface area contributed by atoms with Crippen molar-refractivity contribution < 1.29 is 13.5 Å². The summed E-state index contributed by atoms with van der Waals surface area (Å²) in [6.45, 7) is 0. The summed E-state index contributed by atoms with van der Waals surface area (Å²) in [6.07, 6.45) is -0.169. The fraction of sp³-hybridized carbons (Fsp3) is 0.200. The normalized spacial score (nSPS) is 21.2. The van der Waals surface area contributed by atoms with Gasteiger partial charge < -0.3 is 10.5 Å². The molecule has 1 aliphatic rings. The van der Waals surface area contributed by atoms with Crippen LogP contribution in [0.4, 0.5) is 8.78 Å². The van der Waals surface area contributed by atoms with Gasteiger partial charge in [0.15, 0.2) is 11.6 Å². The van der Waals surface area contributed by atoms with Gasteiger partial charge in [0.25, 0.3) is 0 Å². The Bertz CT molecular complexity index is 662. The van der Waals surface area contributed by atoms with Gasteiger partial charge in [0.05, 0.1) is 0 Å². The largest absolute Gasteiger partial charge is 0.485 e. The minimum Gasteiger partial charge on any atom is -0.485 e. The first-order valence-electron chi connectivity index (χ1n) is 6.22. The van der Waals surface area contributed by atoms with Crippen LogP contribution in [0, 0.1) is 11.6 Å². The summed E-state index contributed by atoms with van der Waals surface area (Å²) < 4.78 is 33.8. The van der Waals surface area contributed by atoms with Crippen LogP contribution in [-0.2, 0) is 0 Å². The average molecular weight is 340 g/mol. The van der Waals surface area contributed by atoms with E-state index in [2.05, 4.69) is 15.9 Å². The maximum absolute atomic E-state index is 13.9. The Morgan fingerprint density at radius 3 is 2.75 bits per heavy atom. The molecule has 1 aliphatic heterocycles. The number of nitrogens with two attached hydrogens (primary N) is 1.